The van der Waals surface area contributed by atoms with Crippen LogP contribution in [-0.2, 0) is 13.0 Å². The number of rotatable bonds is 7. The Kier molecular flexibility index (Phi) is 5.91. The summed E-state index contributed by atoms with van der Waals surface area (Å²) in [6.07, 6.45) is 5.27. The number of fused-ring (bicyclic) bond motifs is 2. The van der Waals surface area contributed by atoms with E-state index in [9.17, 15) is 4.39 Å². The van der Waals surface area contributed by atoms with E-state index in [2.05, 4.69) is 40.0 Å². The first kappa shape index (κ1) is 20.9. The number of aromatic nitrogens is 4. The van der Waals surface area contributed by atoms with Crippen molar-refractivity contribution in [2.45, 2.75) is 26.8 Å². The number of nitrogen functional groups attached to an aromatic ring is 1. The number of nitrogens with two attached hydrogens (primary N) is 1. The standard InChI is InChI=1S/C22H25FN6O2/c1-4-14-9-16-17(31-8-7-30-16)10-15(14)11-18-26-19-20(24)27-22(23)28-21(19)29(18)6-5-25-12-13(2)3/h1,9-10,13,25H,5-8,11-12H2,2-3H3,(H2,24,27,28). The fraction of sp³-hybridized carbons (Fsp3) is 0.409. The zero-order valence-corrected chi connectivity index (χ0v) is 17.6. The van der Waals surface area contributed by atoms with Gasteiger partial charge in [0, 0.05) is 25.1 Å². The Morgan fingerprint density at radius 1 is 1.23 bits per heavy atom. The minimum Gasteiger partial charge on any atom is -0.486 e. The summed E-state index contributed by atoms with van der Waals surface area (Å²) in [5, 5.41) is 3.39. The number of benzene rings is 1. The average Bonchev–Trinajstić information content (AvgIpc) is 3.08. The minimum atomic E-state index is -0.878. The monoisotopic (exact) mass is 424 g/mol. The lowest BCUT2D eigenvalue weighted by Crippen LogP contribution is -2.25. The van der Waals surface area contributed by atoms with Gasteiger partial charge in [-0.05, 0) is 30.2 Å². The Bertz CT molecular complexity index is 1150. The van der Waals surface area contributed by atoms with Gasteiger partial charge in [-0.3, -0.25) is 0 Å². The van der Waals surface area contributed by atoms with Gasteiger partial charge >= 0.3 is 6.08 Å². The first-order valence-electron chi connectivity index (χ1n) is 10.2. The molecule has 0 saturated carbocycles. The molecule has 0 bridgehead atoms. The highest BCUT2D eigenvalue weighted by Gasteiger charge is 2.20. The number of ether oxygens (including phenoxy) is 2. The number of anilines is 1. The Balaban J connectivity index is 1.72. The molecule has 9 heteroatoms. The van der Waals surface area contributed by atoms with Gasteiger partial charge in [-0.15, -0.1) is 6.42 Å². The lowest BCUT2D eigenvalue weighted by molar-refractivity contribution is 0.171. The lowest BCUT2D eigenvalue weighted by atomic mass is 10.0. The lowest BCUT2D eigenvalue weighted by Gasteiger charge is -2.20. The largest absolute Gasteiger partial charge is 0.486 e. The Labute approximate surface area is 180 Å². The molecule has 4 rings (SSSR count). The third kappa shape index (κ3) is 4.39. The molecule has 162 valence electrons. The predicted octanol–water partition coefficient (Wildman–Crippen LogP) is 2.14. The topological polar surface area (TPSA) is 100 Å². The van der Waals surface area contributed by atoms with Gasteiger partial charge in [0.1, 0.15) is 19.0 Å². The van der Waals surface area contributed by atoms with Gasteiger partial charge in [-0.25, -0.2) is 4.98 Å². The molecular formula is C22H25FN6O2. The van der Waals surface area contributed by atoms with E-state index in [0.29, 0.717) is 72.7 Å². The van der Waals surface area contributed by atoms with Crippen LogP contribution in [0.4, 0.5) is 10.2 Å². The quantitative estimate of drug-likeness (QED) is 0.340. The van der Waals surface area contributed by atoms with Gasteiger partial charge in [-0.1, -0.05) is 19.8 Å². The van der Waals surface area contributed by atoms with Crippen LogP contribution in [0.2, 0.25) is 0 Å². The summed E-state index contributed by atoms with van der Waals surface area (Å²) in [4.78, 5) is 12.2. The Morgan fingerprint density at radius 3 is 2.68 bits per heavy atom. The van der Waals surface area contributed by atoms with Crippen LogP contribution >= 0.6 is 0 Å². The molecule has 31 heavy (non-hydrogen) atoms. The van der Waals surface area contributed by atoms with E-state index in [1.54, 1.807) is 6.07 Å². The molecule has 0 atom stereocenters. The molecule has 0 fully saturated rings. The van der Waals surface area contributed by atoms with E-state index in [1.165, 1.54) is 0 Å². The molecule has 0 amide bonds. The van der Waals surface area contributed by atoms with Crippen molar-refractivity contribution < 1.29 is 13.9 Å². The van der Waals surface area contributed by atoms with Crippen molar-refractivity contribution in [3.63, 3.8) is 0 Å². The molecule has 0 aliphatic carbocycles. The van der Waals surface area contributed by atoms with Crippen LogP contribution in [0.25, 0.3) is 11.2 Å². The van der Waals surface area contributed by atoms with Crippen molar-refractivity contribution in [1.29, 1.82) is 0 Å². The first-order chi connectivity index (χ1) is 15.0. The van der Waals surface area contributed by atoms with E-state index in [-0.39, 0.29) is 5.82 Å². The second kappa shape index (κ2) is 8.78. The average molecular weight is 424 g/mol. The van der Waals surface area contributed by atoms with Crippen molar-refractivity contribution in [1.82, 2.24) is 24.8 Å². The van der Waals surface area contributed by atoms with Gasteiger partial charge in [0.2, 0.25) is 0 Å². The fourth-order valence-corrected chi connectivity index (χ4v) is 3.57. The molecule has 1 aromatic carbocycles. The summed E-state index contributed by atoms with van der Waals surface area (Å²) in [6, 6.07) is 3.68. The molecule has 0 radical (unpaired) electrons. The van der Waals surface area contributed by atoms with Crippen LogP contribution in [0.3, 0.4) is 0 Å². The van der Waals surface area contributed by atoms with E-state index >= 15 is 0 Å². The molecule has 0 saturated heterocycles. The number of nitrogens with one attached hydrogen (secondary N) is 1. The maximum atomic E-state index is 13.9. The van der Waals surface area contributed by atoms with Gasteiger partial charge in [-0.2, -0.15) is 14.4 Å². The summed E-state index contributed by atoms with van der Waals surface area (Å²) in [7, 11) is 0. The molecule has 1 aliphatic rings. The molecule has 0 unspecified atom stereocenters. The van der Waals surface area contributed by atoms with Crippen molar-refractivity contribution in [3.8, 4) is 23.8 Å². The van der Waals surface area contributed by atoms with Gasteiger partial charge in [0.05, 0.1) is 0 Å². The highest BCUT2D eigenvalue weighted by Crippen LogP contribution is 2.34. The van der Waals surface area contributed by atoms with Crippen molar-refractivity contribution in [2.75, 3.05) is 32.0 Å². The van der Waals surface area contributed by atoms with E-state index in [4.69, 9.17) is 21.6 Å². The first-order valence-corrected chi connectivity index (χ1v) is 10.2. The molecular weight excluding hydrogens is 399 g/mol. The van der Waals surface area contributed by atoms with Crippen LogP contribution in [-0.4, -0.2) is 45.8 Å². The van der Waals surface area contributed by atoms with Gasteiger partial charge in [0.25, 0.3) is 0 Å². The van der Waals surface area contributed by atoms with Gasteiger partial charge in [0.15, 0.2) is 28.5 Å². The van der Waals surface area contributed by atoms with Crippen LogP contribution < -0.4 is 20.5 Å². The van der Waals surface area contributed by atoms with E-state index < -0.39 is 6.08 Å². The highest BCUT2D eigenvalue weighted by molar-refractivity contribution is 5.82. The number of imidazole rings is 1. The zero-order valence-electron chi connectivity index (χ0n) is 17.6. The Hall–Kier alpha value is -3.38. The van der Waals surface area contributed by atoms with E-state index in [0.717, 1.165) is 12.1 Å². The Morgan fingerprint density at radius 2 is 1.97 bits per heavy atom. The number of halogens is 1. The summed E-state index contributed by atoms with van der Waals surface area (Å²) in [5.74, 6) is 5.18. The molecule has 3 aromatic rings. The van der Waals surface area contributed by atoms with Gasteiger partial charge < -0.3 is 25.1 Å². The number of hydrogen-bond acceptors (Lipinski definition) is 7. The van der Waals surface area contributed by atoms with Crippen molar-refractivity contribution in [2.24, 2.45) is 5.92 Å². The van der Waals surface area contributed by atoms with Crippen LogP contribution in [0.5, 0.6) is 11.5 Å². The second-order valence-corrected chi connectivity index (χ2v) is 7.80. The SMILES string of the molecule is C#Cc1cc2c(cc1Cc1nc3c(N)nc(F)nc3n1CCNCC(C)C)OCCO2. The highest BCUT2D eigenvalue weighted by atomic mass is 19.1. The summed E-state index contributed by atoms with van der Waals surface area (Å²) in [5.41, 5.74) is 8.20. The smallest absolute Gasteiger partial charge is 0.312 e. The van der Waals surface area contributed by atoms with Crippen LogP contribution in [0, 0.1) is 24.3 Å². The fourth-order valence-electron chi connectivity index (χ4n) is 3.57. The third-order valence-corrected chi connectivity index (χ3v) is 5.01. The predicted molar refractivity (Wildman–Crippen MR) is 116 cm³/mol. The van der Waals surface area contributed by atoms with Crippen LogP contribution in [0.15, 0.2) is 12.1 Å². The number of nitrogens with zero attached hydrogens (tertiary/aromatic N) is 4. The molecule has 2 aromatic heterocycles. The minimum absolute atomic E-state index is 0.0111. The van der Waals surface area contributed by atoms with E-state index in [1.807, 2.05) is 10.6 Å². The molecule has 1 aliphatic heterocycles. The third-order valence-electron chi connectivity index (χ3n) is 5.01. The molecule has 8 nitrogen and oxygen atoms in total. The number of hydrogen-bond donors (Lipinski definition) is 2. The molecule has 0 spiro atoms. The maximum Gasteiger partial charge on any atom is 0.312 e. The zero-order chi connectivity index (χ0) is 22.0. The maximum absolute atomic E-state index is 13.9. The molecule has 3 N–H and O–H groups in total. The second-order valence-electron chi connectivity index (χ2n) is 7.80. The van der Waals surface area contributed by atoms with Crippen molar-refractivity contribution in [3.05, 3.63) is 35.2 Å². The summed E-state index contributed by atoms with van der Waals surface area (Å²) in [6.45, 7) is 7.33. The summed E-state index contributed by atoms with van der Waals surface area (Å²) < 4.78 is 27.1. The number of terminal acetylenes is 1. The molecule has 3 heterocycles. The van der Waals surface area contributed by atoms with Crippen LogP contribution in [0.1, 0.15) is 30.8 Å². The normalized spacial score (nSPS) is 13.0. The summed E-state index contributed by atoms with van der Waals surface area (Å²) >= 11 is 0. The van der Waals surface area contributed by atoms with Crippen molar-refractivity contribution >= 4 is 17.0 Å².